The van der Waals surface area contributed by atoms with E-state index in [1.807, 2.05) is 0 Å². The molecule has 0 bridgehead atoms. The molecule has 2 amide bonds. The topological polar surface area (TPSA) is 105 Å². The minimum Gasteiger partial charge on any atom is -0.308 e. The van der Waals surface area contributed by atoms with E-state index in [1.165, 1.54) is 18.2 Å². The highest BCUT2D eigenvalue weighted by Crippen LogP contribution is 2.32. The number of nitrogens with zero attached hydrogens (tertiary/aromatic N) is 3. The van der Waals surface area contributed by atoms with Crippen molar-refractivity contribution in [3.05, 3.63) is 68.7 Å². The fourth-order valence-corrected chi connectivity index (χ4v) is 2.83. The molecule has 0 fully saturated rings. The van der Waals surface area contributed by atoms with Gasteiger partial charge in [-0.1, -0.05) is 29.8 Å². The molecule has 1 heterocycles. The second-order valence-electron chi connectivity index (χ2n) is 5.60. The van der Waals surface area contributed by atoms with E-state index < -0.39 is 10.8 Å². The van der Waals surface area contributed by atoms with Crippen molar-refractivity contribution in [1.82, 2.24) is 5.32 Å². The monoisotopic (exact) mass is 372 g/mol. The number of hydrogen-bond acceptors (Lipinski definition) is 5. The summed E-state index contributed by atoms with van der Waals surface area (Å²) >= 11 is 6.16. The molecule has 8 nitrogen and oxygen atoms in total. The van der Waals surface area contributed by atoms with Crippen LogP contribution in [0.2, 0.25) is 5.02 Å². The minimum absolute atomic E-state index is 0.0988. The minimum atomic E-state index is -0.588. The van der Waals surface area contributed by atoms with Crippen LogP contribution in [0.15, 0.2) is 47.6 Å². The fraction of sp³-hybridized carbons (Fsp3) is 0.118. The number of carbonyl (C=O) groups is 2. The zero-order valence-electron chi connectivity index (χ0n) is 13.6. The lowest BCUT2D eigenvalue weighted by Crippen LogP contribution is -2.29. The molecule has 9 heteroatoms. The summed E-state index contributed by atoms with van der Waals surface area (Å²) in [6, 6.07) is 10.5. The number of hydrazone groups is 1. The van der Waals surface area contributed by atoms with Crippen LogP contribution in [0, 0.1) is 17.0 Å². The lowest BCUT2D eigenvalue weighted by Gasteiger charge is -2.15. The van der Waals surface area contributed by atoms with Gasteiger partial charge >= 0.3 is 0 Å². The van der Waals surface area contributed by atoms with Crippen LogP contribution in [-0.2, 0) is 4.79 Å². The molecule has 0 aliphatic carbocycles. The predicted octanol–water partition coefficient (Wildman–Crippen LogP) is 3.04. The van der Waals surface area contributed by atoms with Gasteiger partial charge in [0.2, 0.25) is 0 Å². The van der Waals surface area contributed by atoms with Gasteiger partial charge in [0, 0.05) is 17.7 Å². The number of nitrogens with one attached hydrogen (secondary N) is 1. The summed E-state index contributed by atoms with van der Waals surface area (Å²) in [5, 5.41) is 19.0. The number of aryl methyl sites for hydroxylation is 1. The Bertz CT molecular complexity index is 937. The maximum Gasteiger partial charge on any atom is 0.270 e. The average molecular weight is 373 g/mol. The quantitative estimate of drug-likeness (QED) is 0.660. The van der Waals surface area contributed by atoms with Gasteiger partial charge < -0.3 is 5.32 Å². The Hall–Kier alpha value is -3.26. The van der Waals surface area contributed by atoms with E-state index in [0.717, 1.165) is 16.6 Å². The summed E-state index contributed by atoms with van der Waals surface area (Å²) in [7, 11) is 0. The number of halogens is 1. The molecule has 0 aromatic heterocycles. The van der Waals surface area contributed by atoms with Crippen molar-refractivity contribution in [3.8, 4) is 0 Å². The first-order valence-corrected chi connectivity index (χ1v) is 7.96. The highest BCUT2D eigenvalue weighted by atomic mass is 35.5. The van der Waals surface area contributed by atoms with Crippen LogP contribution in [0.3, 0.4) is 0 Å². The number of nitro benzene ring substituents is 1. The Morgan fingerprint density at radius 1 is 1.31 bits per heavy atom. The molecule has 0 saturated heterocycles. The van der Waals surface area contributed by atoms with Gasteiger partial charge in [-0.25, -0.2) is 0 Å². The van der Waals surface area contributed by atoms with Crippen LogP contribution in [-0.4, -0.2) is 22.6 Å². The van der Waals surface area contributed by atoms with Gasteiger partial charge in [-0.2, -0.15) is 10.1 Å². The van der Waals surface area contributed by atoms with E-state index in [1.54, 1.807) is 25.1 Å². The molecule has 0 unspecified atom stereocenters. The second kappa shape index (κ2) is 6.93. The van der Waals surface area contributed by atoms with Crippen molar-refractivity contribution in [2.45, 2.75) is 13.3 Å². The summed E-state index contributed by atoms with van der Waals surface area (Å²) in [5.74, 6) is -0.778. The standard InChI is InChI=1S/C17H13ClN4O4/c1-10-4-2-7-13(18)16(10)21-15(23)9-14(20-21)19-17(24)11-5-3-6-12(8-11)22(25)26/h2-8H,9H2,1H3,(H,19,20,24). The molecule has 0 atom stereocenters. The molecule has 1 aliphatic heterocycles. The third kappa shape index (κ3) is 3.40. The van der Waals surface area contributed by atoms with E-state index in [0.29, 0.717) is 10.7 Å². The van der Waals surface area contributed by atoms with Gasteiger partial charge in [0.1, 0.15) is 5.84 Å². The lowest BCUT2D eigenvalue weighted by atomic mass is 10.2. The first kappa shape index (κ1) is 17.6. The summed E-state index contributed by atoms with van der Waals surface area (Å²) in [4.78, 5) is 34.8. The molecule has 26 heavy (non-hydrogen) atoms. The van der Waals surface area contributed by atoms with Gasteiger partial charge in [-0.05, 0) is 24.6 Å². The van der Waals surface area contributed by atoms with Crippen molar-refractivity contribution in [2.24, 2.45) is 5.10 Å². The van der Waals surface area contributed by atoms with Crippen molar-refractivity contribution in [2.75, 3.05) is 5.01 Å². The maximum atomic E-state index is 12.3. The van der Waals surface area contributed by atoms with E-state index in [2.05, 4.69) is 10.4 Å². The molecule has 0 saturated carbocycles. The van der Waals surface area contributed by atoms with Crippen LogP contribution in [0.5, 0.6) is 0 Å². The third-order valence-corrected chi connectivity index (χ3v) is 4.06. The summed E-state index contributed by atoms with van der Waals surface area (Å²) in [6.07, 6.45) is -0.106. The predicted molar refractivity (Wildman–Crippen MR) is 96.3 cm³/mol. The Labute approximate surface area is 153 Å². The van der Waals surface area contributed by atoms with Gasteiger partial charge in [-0.3, -0.25) is 19.7 Å². The molecule has 0 radical (unpaired) electrons. The largest absolute Gasteiger partial charge is 0.308 e. The Balaban J connectivity index is 1.83. The molecule has 132 valence electrons. The van der Waals surface area contributed by atoms with Crippen molar-refractivity contribution >= 4 is 40.6 Å². The van der Waals surface area contributed by atoms with Crippen LogP contribution < -0.4 is 10.3 Å². The average Bonchev–Trinajstić information content (AvgIpc) is 2.95. The Morgan fingerprint density at radius 2 is 2.04 bits per heavy atom. The Kier molecular flexibility index (Phi) is 4.68. The number of para-hydroxylation sites is 1. The molecule has 0 spiro atoms. The lowest BCUT2D eigenvalue weighted by molar-refractivity contribution is -0.384. The zero-order valence-corrected chi connectivity index (χ0v) is 14.4. The molecular formula is C17H13ClN4O4. The maximum absolute atomic E-state index is 12.3. The first-order chi connectivity index (χ1) is 12.4. The first-order valence-electron chi connectivity index (χ1n) is 7.58. The van der Waals surface area contributed by atoms with Crippen molar-refractivity contribution in [3.63, 3.8) is 0 Å². The summed E-state index contributed by atoms with van der Waals surface area (Å²) in [6.45, 7) is 1.80. The molecular weight excluding hydrogens is 360 g/mol. The van der Waals surface area contributed by atoms with Gasteiger partial charge in [0.15, 0.2) is 0 Å². The number of non-ortho nitro benzene ring substituents is 1. The smallest absolute Gasteiger partial charge is 0.270 e. The highest BCUT2D eigenvalue weighted by molar-refractivity contribution is 6.34. The number of amides is 2. The van der Waals surface area contributed by atoms with E-state index in [-0.39, 0.29) is 29.4 Å². The SMILES string of the molecule is Cc1cccc(Cl)c1N1N=C(NC(=O)c2cccc([N+](=O)[O-])c2)CC1=O. The van der Waals surface area contributed by atoms with Crippen LogP contribution in [0.1, 0.15) is 22.3 Å². The van der Waals surface area contributed by atoms with E-state index >= 15 is 0 Å². The number of amidine groups is 1. The van der Waals surface area contributed by atoms with Crippen LogP contribution in [0.25, 0.3) is 0 Å². The summed E-state index contributed by atoms with van der Waals surface area (Å²) in [5.41, 5.74) is 1.12. The van der Waals surface area contributed by atoms with Gasteiger partial charge in [0.05, 0.1) is 22.1 Å². The molecule has 1 N–H and O–H groups in total. The Morgan fingerprint density at radius 3 is 2.73 bits per heavy atom. The number of rotatable bonds is 3. The van der Waals surface area contributed by atoms with Crippen LogP contribution in [0.4, 0.5) is 11.4 Å². The fourth-order valence-electron chi connectivity index (χ4n) is 2.53. The van der Waals surface area contributed by atoms with Gasteiger partial charge in [-0.15, -0.1) is 0 Å². The zero-order chi connectivity index (χ0) is 18.8. The molecule has 2 aromatic carbocycles. The number of nitro groups is 1. The second-order valence-corrected chi connectivity index (χ2v) is 6.00. The summed E-state index contributed by atoms with van der Waals surface area (Å²) < 4.78 is 0. The number of anilines is 1. The molecule has 2 aromatic rings. The van der Waals surface area contributed by atoms with Crippen molar-refractivity contribution in [1.29, 1.82) is 0 Å². The molecule has 3 rings (SSSR count). The number of hydrogen-bond donors (Lipinski definition) is 1. The van der Waals surface area contributed by atoms with Crippen LogP contribution >= 0.6 is 11.6 Å². The normalized spacial score (nSPS) is 13.5. The van der Waals surface area contributed by atoms with E-state index in [9.17, 15) is 19.7 Å². The van der Waals surface area contributed by atoms with Crippen molar-refractivity contribution < 1.29 is 14.5 Å². The number of carbonyl (C=O) groups excluding carboxylic acids is 2. The van der Waals surface area contributed by atoms with Gasteiger partial charge in [0.25, 0.3) is 17.5 Å². The number of benzene rings is 2. The molecule has 1 aliphatic rings. The highest BCUT2D eigenvalue weighted by Gasteiger charge is 2.29. The third-order valence-electron chi connectivity index (χ3n) is 3.75. The van der Waals surface area contributed by atoms with E-state index in [4.69, 9.17) is 11.6 Å².